The van der Waals surface area contributed by atoms with Gasteiger partial charge in [-0.25, -0.2) is 9.97 Å². The molecule has 0 aliphatic carbocycles. The third-order valence-corrected chi connectivity index (χ3v) is 2.46. The lowest BCUT2D eigenvalue weighted by Crippen LogP contribution is -1.96. The molecular weight excluding hydrogens is 216 g/mol. The van der Waals surface area contributed by atoms with Gasteiger partial charge in [-0.15, -0.1) is 0 Å². The summed E-state index contributed by atoms with van der Waals surface area (Å²) in [5, 5.41) is 0. The number of nitrogen functional groups attached to an aromatic ring is 1. The second kappa shape index (κ2) is 3.55. The van der Waals surface area contributed by atoms with Gasteiger partial charge in [-0.3, -0.25) is 4.98 Å². The largest absolute Gasteiger partial charge is 0.459 e. The Morgan fingerprint density at radius 2 is 2.12 bits per heavy atom. The van der Waals surface area contributed by atoms with Crippen LogP contribution in [0.5, 0.6) is 0 Å². The van der Waals surface area contributed by atoms with Gasteiger partial charge in [0.05, 0.1) is 6.26 Å². The van der Waals surface area contributed by atoms with Crippen LogP contribution in [0.4, 0.5) is 5.82 Å². The monoisotopic (exact) mass is 226 g/mol. The number of furan rings is 1. The van der Waals surface area contributed by atoms with Crippen LogP contribution in [-0.2, 0) is 0 Å². The Hall–Kier alpha value is -2.43. The van der Waals surface area contributed by atoms with Crippen molar-refractivity contribution in [3.8, 4) is 11.4 Å². The van der Waals surface area contributed by atoms with Crippen molar-refractivity contribution in [2.45, 2.75) is 6.92 Å². The third kappa shape index (κ3) is 1.61. The van der Waals surface area contributed by atoms with Crippen molar-refractivity contribution >= 4 is 16.9 Å². The predicted molar refractivity (Wildman–Crippen MR) is 64.2 cm³/mol. The van der Waals surface area contributed by atoms with Crippen LogP contribution in [0.25, 0.3) is 22.5 Å². The van der Waals surface area contributed by atoms with Crippen molar-refractivity contribution in [1.82, 2.24) is 15.0 Å². The molecule has 0 aliphatic rings. The fourth-order valence-corrected chi connectivity index (χ4v) is 1.69. The Morgan fingerprint density at radius 3 is 2.94 bits per heavy atom. The molecule has 5 heteroatoms. The summed E-state index contributed by atoms with van der Waals surface area (Å²) in [6.07, 6.45) is 5.05. The average molecular weight is 226 g/mol. The van der Waals surface area contributed by atoms with Crippen LogP contribution in [-0.4, -0.2) is 15.0 Å². The van der Waals surface area contributed by atoms with Crippen LogP contribution in [0.15, 0.2) is 35.2 Å². The van der Waals surface area contributed by atoms with Gasteiger partial charge in [-0.2, -0.15) is 0 Å². The first-order valence-corrected chi connectivity index (χ1v) is 5.17. The minimum absolute atomic E-state index is 0.344. The maximum Gasteiger partial charge on any atom is 0.194 e. The van der Waals surface area contributed by atoms with E-state index in [1.54, 1.807) is 24.7 Å². The minimum atomic E-state index is 0.344. The number of hydrogen-bond acceptors (Lipinski definition) is 5. The lowest BCUT2D eigenvalue weighted by Gasteiger charge is -2.02. The molecule has 0 aromatic carbocycles. The van der Waals surface area contributed by atoms with Crippen LogP contribution >= 0.6 is 0 Å². The predicted octanol–water partition coefficient (Wildman–Crippen LogP) is 2.18. The molecule has 0 amide bonds. The number of pyridine rings is 1. The summed E-state index contributed by atoms with van der Waals surface area (Å²) in [5.74, 6) is 0.907. The summed E-state index contributed by atoms with van der Waals surface area (Å²) in [6.45, 7) is 1.97. The highest BCUT2D eigenvalue weighted by molar-refractivity contribution is 5.84. The van der Waals surface area contributed by atoms with Crippen molar-refractivity contribution in [3.05, 3.63) is 36.4 Å². The van der Waals surface area contributed by atoms with Gasteiger partial charge >= 0.3 is 0 Å². The van der Waals surface area contributed by atoms with Gasteiger partial charge in [0.1, 0.15) is 5.52 Å². The first kappa shape index (κ1) is 9.77. The molecule has 3 aromatic rings. The van der Waals surface area contributed by atoms with Crippen molar-refractivity contribution in [3.63, 3.8) is 0 Å². The summed E-state index contributed by atoms with van der Waals surface area (Å²) in [7, 11) is 0. The molecule has 3 rings (SSSR count). The van der Waals surface area contributed by atoms with Crippen molar-refractivity contribution in [1.29, 1.82) is 0 Å². The van der Waals surface area contributed by atoms with Gasteiger partial charge in [0.2, 0.25) is 0 Å². The van der Waals surface area contributed by atoms with Crippen molar-refractivity contribution in [2.75, 3.05) is 5.73 Å². The molecule has 0 saturated heterocycles. The lowest BCUT2D eigenvalue weighted by atomic mass is 10.2. The molecule has 2 N–H and O–H groups in total. The number of aryl methyl sites for hydroxylation is 1. The second-order valence-corrected chi connectivity index (χ2v) is 3.82. The number of nitrogens with two attached hydrogens (primary N) is 1. The zero-order chi connectivity index (χ0) is 11.8. The van der Waals surface area contributed by atoms with Gasteiger partial charge in [0.15, 0.2) is 17.2 Å². The molecule has 0 bridgehead atoms. The van der Waals surface area contributed by atoms with Crippen LogP contribution < -0.4 is 5.73 Å². The topological polar surface area (TPSA) is 77.8 Å². The average Bonchev–Trinajstić information content (AvgIpc) is 2.77. The van der Waals surface area contributed by atoms with Crippen LogP contribution in [0.3, 0.4) is 0 Å². The molecule has 3 aromatic heterocycles. The maximum atomic E-state index is 5.81. The quantitative estimate of drug-likeness (QED) is 0.688. The maximum absolute atomic E-state index is 5.81. The Labute approximate surface area is 97.3 Å². The number of anilines is 1. The minimum Gasteiger partial charge on any atom is -0.459 e. The van der Waals surface area contributed by atoms with E-state index in [1.165, 1.54) is 0 Å². The molecule has 5 nitrogen and oxygen atoms in total. The van der Waals surface area contributed by atoms with E-state index in [2.05, 4.69) is 15.0 Å². The van der Waals surface area contributed by atoms with Gasteiger partial charge in [0.25, 0.3) is 0 Å². The van der Waals surface area contributed by atoms with Crippen molar-refractivity contribution < 1.29 is 4.42 Å². The molecule has 17 heavy (non-hydrogen) atoms. The van der Waals surface area contributed by atoms with Gasteiger partial charge in [-0.05, 0) is 18.6 Å². The van der Waals surface area contributed by atoms with Gasteiger partial charge < -0.3 is 10.2 Å². The summed E-state index contributed by atoms with van der Waals surface area (Å²) >= 11 is 0. The molecule has 0 radical (unpaired) electrons. The van der Waals surface area contributed by atoms with E-state index < -0.39 is 0 Å². The standard InChI is InChI=1S/C12H10N4O/c1-7-4-8(6-14-5-7)12-15-9-2-3-17-10(9)11(13)16-12/h2-6H,1H3,(H2,13,15,16). The molecule has 84 valence electrons. The normalized spacial score (nSPS) is 10.9. The zero-order valence-corrected chi connectivity index (χ0v) is 9.21. The number of aromatic nitrogens is 3. The highest BCUT2D eigenvalue weighted by Gasteiger charge is 2.09. The molecule has 0 atom stereocenters. The summed E-state index contributed by atoms with van der Waals surface area (Å²) in [5.41, 5.74) is 8.94. The summed E-state index contributed by atoms with van der Waals surface area (Å²) in [6, 6.07) is 3.73. The van der Waals surface area contributed by atoms with E-state index in [4.69, 9.17) is 10.2 Å². The van der Waals surface area contributed by atoms with Crippen LogP contribution in [0, 0.1) is 6.92 Å². The highest BCUT2D eigenvalue weighted by atomic mass is 16.3. The number of fused-ring (bicyclic) bond motifs is 1. The summed E-state index contributed by atoms with van der Waals surface area (Å²) < 4.78 is 5.20. The first-order valence-electron chi connectivity index (χ1n) is 5.17. The molecule has 0 spiro atoms. The van der Waals surface area contributed by atoms with E-state index in [9.17, 15) is 0 Å². The zero-order valence-electron chi connectivity index (χ0n) is 9.21. The van der Waals surface area contributed by atoms with E-state index in [0.717, 1.165) is 11.1 Å². The summed E-state index contributed by atoms with van der Waals surface area (Å²) in [4.78, 5) is 12.7. The smallest absolute Gasteiger partial charge is 0.194 e. The molecule has 0 aliphatic heterocycles. The number of hydrogen-bond donors (Lipinski definition) is 1. The van der Waals surface area contributed by atoms with E-state index in [-0.39, 0.29) is 0 Å². The fourth-order valence-electron chi connectivity index (χ4n) is 1.69. The van der Waals surface area contributed by atoms with Crippen LogP contribution in [0.2, 0.25) is 0 Å². The Morgan fingerprint density at radius 1 is 1.24 bits per heavy atom. The first-order chi connectivity index (χ1) is 8.24. The van der Waals surface area contributed by atoms with E-state index in [0.29, 0.717) is 22.7 Å². The third-order valence-electron chi connectivity index (χ3n) is 2.46. The Balaban J connectivity index is 2.23. The fraction of sp³-hybridized carbons (Fsp3) is 0.0833. The Kier molecular flexibility index (Phi) is 2.04. The van der Waals surface area contributed by atoms with Crippen LogP contribution in [0.1, 0.15) is 5.56 Å². The molecular formula is C12H10N4O. The molecule has 0 fully saturated rings. The van der Waals surface area contributed by atoms with Gasteiger partial charge in [-0.1, -0.05) is 0 Å². The highest BCUT2D eigenvalue weighted by Crippen LogP contribution is 2.23. The molecule has 3 heterocycles. The SMILES string of the molecule is Cc1cncc(-c2nc(N)c3occc3n2)c1. The van der Waals surface area contributed by atoms with Crippen molar-refractivity contribution in [2.24, 2.45) is 0 Å². The van der Waals surface area contributed by atoms with E-state index in [1.807, 2.05) is 13.0 Å². The lowest BCUT2D eigenvalue weighted by molar-refractivity contribution is 0.615. The Bertz CT molecular complexity index is 690. The molecule has 0 unspecified atom stereocenters. The number of nitrogens with zero attached hydrogens (tertiary/aromatic N) is 3. The van der Waals surface area contributed by atoms with Gasteiger partial charge in [0, 0.05) is 24.0 Å². The van der Waals surface area contributed by atoms with E-state index >= 15 is 0 Å². The molecule has 0 saturated carbocycles. The second-order valence-electron chi connectivity index (χ2n) is 3.82. The number of rotatable bonds is 1.